The first-order valence-corrected chi connectivity index (χ1v) is 10.7. The molecule has 3 N–H and O–H groups in total. The molecule has 11 heteroatoms. The van der Waals surface area contributed by atoms with E-state index in [9.17, 15) is 4.79 Å². The molecule has 4 aromatic heterocycles. The highest BCUT2D eigenvalue weighted by atomic mass is 16.5. The number of hydrogen-bond acceptors (Lipinski definition) is 9. The Kier molecular flexibility index (Phi) is 6.34. The number of carbonyl (C=O) groups is 1. The number of aliphatic hydroxyl groups is 1. The molecule has 0 aliphatic heterocycles. The summed E-state index contributed by atoms with van der Waals surface area (Å²) in [5.74, 6) is 6.04. The molecule has 4 heterocycles. The van der Waals surface area contributed by atoms with Crippen LogP contribution in [0.5, 0.6) is 0 Å². The second-order valence-corrected chi connectivity index (χ2v) is 8.64. The van der Waals surface area contributed by atoms with Gasteiger partial charge in [-0.15, -0.1) is 0 Å². The van der Waals surface area contributed by atoms with Gasteiger partial charge >= 0.3 is 0 Å². The van der Waals surface area contributed by atoms with Crippen molar-refractivity contribution in [3.05, 3.63) is 47.5 Å². The standard InChI is InChI=1S/C23H24N8O3/c1-13(27-22(33)16-9-14(25-12-26-16)7-5-6-8-32)17-10-15(31-34-17)19-29-20-21(30-19)28-18(11-24-20)23(2,3)4/h9-13,32H,6,8H2,1-4H3,(H,27,33)(H,24,28,29,30)/t13-/m1/s1. The van der Waals surface area contributed by atoms with E-state index >= 15 is 0 Å². The summed E-state index contributed by atoms with van der Waals surface area (Å²) in [4.78, 5) is 37.2. The maximum Gasteiger partial charge on any atom is 0.270 e. The van der Waals surface area contributed by atoms with Crippen LogP contribution in [-0.2, 0) is 5.41 Å². The number of nitrogens with one attached hydrogen (secondary N) is 2. The van der Waals surface area contributed by atoms with Crippen LogP contribution >= 0.6 is 0 Å². The third-order valence-corrected chi connectivity index (χ3v) is 4.87. The van der Waals surface area contributed by atoms with Crippen LogP contribution in [0.25, 0.3) is 22.8 Å². The minimum atomic E-state index is -0.485. The van der Waals surface area contributed by atoms with Gasteiger partial charge in [-0.1, -0.05) is 31.8 Å². The van der Waals surface area contributed by atoms with Crippen molar-refractivity contribution in [2.75, 3.05) is 6.61 Å². The van der Waals surface area contributed by atoms with Crippen LogP contribution < -0.4 is 5.32 Å². The van der Waals surface area contributed by atoms with Gasteiger partial charge in [-0.25, -0.2) is 24.9 Å². The largest absolute Gasteiger partial charge is 0.395 e. The van der Waals surface area contributed by atoms with Gasteiger partial charge in [0, 0.05) is 24.0 Å². The predicted octanol–water partition coefficient (Wildman–Crippen LogP) is 2.32. The number of aromatic amines is 1. The predicted molar refractivity (Wildman–Crippen MR) is 122 cm³/mol. The van der Waals surface area contributed by atoms with E-state index in [1.54, 1.807) is 19.2 Å². The Morgan fingerprint density at radius 3 is 2.82 bits per heavy atom. The van der Waals surface area contributed by atoms with Gasteiger partial charge in [0.15, 0.2) is 22.9 Å². The minimum Gasteiger partial charge on any atom is -0.395 e. The quantitative estimate of drug-likeness (QED) is 0.380. The summed E-state index contributed by atoms with van der Waals surface area (Å²) in [6.07, 6.45) is 3.31. The molecule has 0 fully saturated rings. The van der Waals surface area contributed by atoms with E-state index in [0.717, 1.165) is 5.69 Å². The fourth-order valence-electron chi connectivity index (χ4n) is 2.98. The molecular weight excluding hydrogens is 436 g/mol. The third-order valence-electron chi connectivity index (χ3n) is 4.87. The van der Waals surface area contributed by atoms with Crippen molar-refractivity contribution in [3.8, 4) is 23.4 Å². The highest BCUT2D eigenvalue weighted by molar-refractivity contribution is 5.92. The normalized spacial score (nSPS) is 12.3. The molecule has 174 valence electrons. The topological polar surface area (TPSA) is 156 Å². The number of fused-ring (bicyclic) bond motifs is 1. The number of imidazole rings is 1. The van der Waals surface area contributed by atoms with Crippen LogP contribution in [0, 0.1) is 11.8 Å². The average Bonchev–Trinajstić information content (AvgIpc) is 3.45. The summed E-state index contributed by atoms with van der Waals surface area (Å²) < 4.78 is 5.44. The molecule has 4 aromatic rings. The Hall–Kier alpha value is -4.17. The lowest BCUT2D eigenvalue weighted by molar-refractivity contribution is 0.0928. The Morgan fingerprint density at radius 1 is 1.24 bits per heavy atom. The zero-order valence-corrected chi connectivity index (χ0v) is 19.2. The maximum absolute atomic E-state index is 12.6. The van der Waals surface area contributed by atoms with Crippen molar-refractivity contribution < 1.29 is 14.4 Å². The molecule has 0 saturated heterocycles. The smallest absolute Gasteiger partial charge is 0.270 e. The fourth-order valence-corrected chi connectivity index (χ4v) is 2.98. The summed E-state index contributed by atoms with van der Waals surface area (Å²) in [5, 5.41) is 15.7. The molecule has 34 heavy (non-hydrogen) atoms. The minimum absolute atomic E-state index is 0.0406. The molecule has 0 radical (unpaired) electrons. The molecule has 0 unspecified atom stereocenters. The average molecular weight is 460 g/mol. The number of carbonyl (C=O) groups excluding carboxylic acids is 1. The van der Waals surface area contributed by atoms with Crippen molar-refractivity contribution in [2.24, 2.45) is 0 Å². The van der Waals surface area contributed by atoms with E-state index in [1.807, 2.05) is 0 Å². The molecule has 11 nitrogen and oxygen atoms in total. The van der Waals surface area contributed by atoms with E-state index in [1.165, 1.54) is 12.4 Å². The molecule has 4 rings (SSSR count). The lowest BCUT2D eigenvalue weighted by Gasteiger charge is -2.16. The number of amides is 1. The lowest BCUT2D eigenvalue weighted by Crippen LogP contribution is -2.27. The van der Waals surface area contributed by atoms with Crippen molar-refractivity contribution in [3.63, 3.8) is 0 Å². The Morgan fingerprint density at radius 2 is 2.06 bits per heavy atom. The molecule has 0 spiro atoms. The van der Waals surface area contributed by atoms with Gasteiger partial charge in [0.25, 0.3) is 5.91 Å². The van der Waals surface area contributed by atoms with Gasteiger partial charge < -0.3 is 19.9 Å². The monoisotopic (exact) mass is 460 g/mol. The van der Waals surface area contributed by atoms with Crippen LogP contribution in [0.4, 0.5) is 0 Å². The highest BCUT2D eigenvalue weighted by Crippen LogP contribution is 2.24. The van der Waals surface area contributed by atoms with Crippen LogP contribution in [0.2, 0.25) is 0 Å². The first-order chi connectivity index (χ1) is 16.2. The van der Waals surface area contributed by atoms with Crippen molar-refractivity contribution in [2.45, 2.75) is 45.6 Å². The first kappa shape index (κ1) is 23.0. The van der Waals surface area contributed by atoms with Gasteiger partial charge in [-0.05, 0) is 12.8 Å². The number of aromatic nitrogens is 7. The third kappa shape index (κ3) is 5.07. The summed E-state index contributed by atoms with van der Waals surface area (Å²) >= 11 is 0. The van der Waals surface area contributed by atoms with E-state index in [4.69, 9.17) is 9.63 Å². The van der Waals surface area contributed by atoms with Crippen molar-refractivity contribution in [1.82, 2.24) is 40.4 Å². The molecule has 0 aliphatic carbocycles. The zero-order chi connectivity index (χ0) is 24.3. The van der Waals surface area contributed by atoms with Crippen LogP contribution in [0.15, 0.2) is 29.2 Å². The van der Waals surface area contributed by atoms with Gasteiger partial charge in [-0.3, -0.25) is 4.79 Å². The van der Waals surface area contributed by atoms with Gasteiger partial charge in [0.05, 0.1) is 24.5 Å². The summed E-state index contributed by atoms with van der Waals surface area (Å²) in [7, 11) is 0. The number of hydrogen-bond donors (Lipinski definition) is 3. The van der Waals surface area contributed by atoms with E-state index in [2.05, 4.69) is 73.0 Å². The fraction of sp³-hybridized carbons (Fsp3) is 0.348. The lowest BCUT2D eigenvalue weighted by atomic mass is 9.93. The highest BCUT2D eigenvalue weighted by Gasteiger charge is 2.21. The van der Waals surface area contributed by atoms with Gasteiger partial charge in [-0.2, -0.15) is 0 Å². The second kappa shape index (κ2) is 9.36. The zero-order valence-electron chi connectivity index (χ0n) is 19.2. The Balaban J connectivity index is 1.48. The van der Waals surface area contributed by atoms with E-state index < -0.39 is 11.9 Å². The molecular formula is C23H24N8O3. The first-order valence-electron chi connectivity index (χ1n) is 10.7. The molecule has 0 bridgehead atoms. The summed E-state index contributed by atoms with van der Waals surface area (Å²) in [5.41, 5.74) is 2.78. The van der Waals surface area contributed by atoms with Crippen molar-refractivity contribution >= 4 is 17.2 Å². The molecule has 0 aromatic carbocycles. The Labute approximate surface area is 195 Å². The number of rotatable bonds is 5. The maximum atomic E-state index is 12.6. The van der Waals surface area contributed by atoms with Crippen LogP contribution in [0.1, 0.15) is 67.8 Å². The van der Waals surface area contributed by atoms with E-state index in [0.29, 0.717) is 40.7 Å². The molecule has 0 aliphatic rings. The Bertz CT molecular complexity index is 1390. The summed E-state index contributed by atoms with van der Waals surface area (Å²) in [6.45, 7) is 7.91. The molecule has 1 amide bonds. The number of aliphatic hydroxyl groups excluding tert-OH is 1. The second-order valence-electron chi connectivity index (χ2n) is 8.64. The van der Waals surface area contributed by atoms with Crippen molar-refractivity contribution in [1.29, 1.82) is 0 Å². The van der Waals surface area contributed by atoms with Gasteiger partial charge in [0.1, 0.15) is 23.4 Å². The number of H-pyrrole nitrogens is 1. The van der Waals surface area contributed by atoms with Crippen LogP contribution in [-0.4, -0.2) is 52.7 Å². The number of nitrogens with zero attached hydrogens (tertiary/aromatic N) is 6. The molecule has 0 saturated carbocycles. The van der Waals surface area contributed by atoms with Gasteiger partial charge in [0.2, 0.25) is 0 Å². The SMILES string of the molecule is C[C@@H](NC(=O)c1cc(C#CCCO)ncn1)c1cc(-c2nc3ncc(C(C)(C)C)nc3[nH]2)no1. The van der Waals surface area contributed by atoms with Crippen LogP contribution in [0.3, 0.4) is 0 Å². The van der Waals surface area contributed by atoms with E-state index in [-0.39, 0.29) is 17.7 Å². The summed E-state index contributed by atoms with van der Waals surface area (Å²) in [6, 6.07) is 2.69. The molecule has 1 atom stereocenters.